The predicted octanol–water partition coefficient (Wildman–Crippen LogP) is 1.84. The SMILES string of the molecule is NCCNC(=O)C1N(C(=O)Nc2cccc(Br)c2)CCCN1S(=O)(=O)c1cccs1. The molecular formula is C18H22BrN5O4S2. The number of thiophene rings is 1. The van der Waals surface area contributed by atoms with Crippen LogP contribution in [0.3, 0.4) is 0 Å². The van der Waals surface area contributed by atoms with Gasteiger partial charge in [0.05, 0.1) is 0 Å². The molecule has 1 fully saturated rings. The summed E-state index contributed by atoms with van der Waals surface area (Å²) in [5, 5.41) is 7.00. The smallest absolute Gasteiger partial charge is 0.323 e. The van der Waals surface area contributed by atoms with Gasteiger partial charge in [0, 0.05) is 36.3 Å². The van der Waals surface area contributed by atoms with Crippen LogP contribution in [-0.2, 0) is 14.8 Å². The van der Waals surface area contributed by atoms with Crippen molar-refractivity contribution in [2.45, 2.75) is 16.8 Å². The Hall–Kier alpha value is -1.99. The third-order valence-electron chi connectivity index (χ3n) is 4.42. The molecule has 0 saturated carbocycles. The van der Waals surface area contributed by atoms with Crippen LogP contribution < -0.4 is 16.4 Å². The number of hydrogen-bond donors (Lipinski definition) is 3. The Bertz CT molecular complexity index is 1000. The molecule has 0 radical (unpaired) electrons. The average Bonchev–Trinajstić information content (AvgIpc) is 3.27. The summed E-state index contributed by atoms with van der Waals surface area (Å²) in [5.74, 6) is -0.593. The number of nitrogens with zero attached hydrogens (tertiary/aromatic N) is 2. The average molecular weight is 516 g/mol. The van der Waals surface area contributed by atoms with E-state index in [-0.39, 0.29) is 30.4 Å². The highest BCUT2D eigenvalue weighted by molar-refractivity contribution is 9.10. The van der Waals surface area contributed by atoms with Crippen LogP contribution >= 0.6 is 27.3 Å². The molecule has 3 amide bonds. The van der Waals surface area contributed by atoms with Crippen LogP contribution in [0, 0.1) is 0 Å². The first-order valence-corrected chi connectivity index (χ1v) is 12.3. The molecule has 9 nitrogen and oxygen atoms in total. The number of sulfonamides is 1. The Kier molecular flexibility index (Phi) is 7.47. The number of nitrogens with one attached hydrogen (secondary N) is 2. The molecule has 1 atom stereocenters. The van der Waals surface area contributed by atoms with E-state index in [9.17, 15) is 18.0 Å². The summed E-state index contributed by atoms with van der Waals surface area (Å²) in [6.07, 6.45) is -0.915. The predicted molar refractivity (Wildman–Crippen MR) is 119 cm³/mol. The molecule has 1 aliphatic rings. The Balaban J connectivity index is 1.92. The highest BCUT2D eigenvalue weighted by atomic mass is 79.9. The van der Waals surface area contributed by atoms with Crippen molar-refractivity contribution in [3.63, 3.8) is 0 Å². The fourth-order valence-corrected chi connectivity index (χ4v) is 6.22. The topological polar surface area (TPSA) is 125 Å². The van der Waals surface area contributed by atoms with Crippen LogP contribution in [0.2, 0.25) is 0 Å². The van der Waals surface area contributed by atoms with Gasteiger partial charge in [0.2, 0.25) is 0 Å². The molecule has 0 spiro atoms. The van der Waals surface area contributed by atoms with E-state index in [1.54, 1.807) is 29.6 Å². The molecule has 1 aromatic heterocycles. The quantitative estimate of drug-likeness (QED) is 0.541. The van der Waals surface area contributed by atoms with Crippen LogP contribution in [-0.4, -0.2) is 61.9 Å². The molecule has 3 rings (SSSR count). The van der Waals surface area contributed by atoms with Gasteiger partial charge in [-0.3, -0.25) is 9.69 Å². The summed E-state index contributed by atoms with van der Waals surface area (Å²) < 4.78 is 28.3. The Morgan fingerprint density at radius 2 is 2.03 bits per heavy atom. The van der Waals surface area contributed by atoms with E-state index < -0.39 is 28.1 Å². The zero-order valence-electron chi connectivity index (χ0n) is 16.0. The van der Waals surface area contributed by atoms with Gasteiger partial charge >= 0.3 is 6.03 Å². The maximum Gasteiger partial charge on any atom is 0.323 e. The molecule has 1 unspecified atom stereocenters. The van der Waals surface area contributed by atoms with Crippen LogP contribution in [0.5, 0.6) is 0 Å². The summed E-state index contributed by atoms with van der Waals surface area (Å²) in [7, 11) is -3.95. The standard InChI is InChI=1S/C18H22BrN5O4S2/c19-13-4-1-5-14(12-13)22-18(26)23-9-3-10-24(17(23)16(25)21-8-7-20)30(27,28)15-6-2-11-29-15/h1-2,4-6,11-12,17H,3,7-10,20H2,(H,21,25)(H,22,26). The number of carbonyl (C=O) groups excluding carboxylic acids is 2. The number of carbonyl (C=O) groups is 2. The van der Waals surface area contributed by atoms with Gasteiger partial charge in [0.25, 0.3) is 15.9 Å². The number of urea groups is 1. The highest BCUT2D eigenvalue weighted by Crippen LogP contribution is 2.27. The normalized spacial score (nSPS) is 17.5. The van der Waals surface area contributed by atoms with E-state index >= 15 is 0 Å². The van der Waals surface area contributed by atoms with Crippen molar-refractivity contribution in [3.05, 3.63) is 46.3 Å². The molecule has 30 heavy (non-hydrogen) atoms. The Morgan fingerprint density at radius 1 is 1.23 bits per heavy atom. The molecule has 0 bridgehead atoms. The lowest BCUT2D eigenvalue weighted by Gasteiger charge is -2.41. The zero-order chi connectivity index (χ0) is 21.7. The zero-order valence-corrected chi connectivity index (χ0v) is 19.2. The Morgan fingerprint density at radius 3 is 2.70 bits per heavy atom. The van der Waals surface area contributed by atoms with Crippen molar-refractivity contribution >= 4 is 54.9 Å². The summed E-state index contributed by atoms with van der Waals surface area (Å²) in [5.41, 5.74) is 5.99. The minimum atomic E-state index is -3.95. The van der Waals surface area contributed by atoms with E-state index in [0.717, 1.165) is 20.1 Å². The summed E-state index contributed by atoms with van der Waals surface area (Å²) in [6.45, 7) is 0.725. The van der Waals surface area contributed by atoms with Gasteiger partial charge in [-0.2, -0.15) is 4.31 Å². The molecule has 162 valence electrons. The van der Waals surface area contributed by atoms with E-state index in [2.05, 4.69) is 26.6 Å². The number of halogens is 1. The highest BCUT2D eigenvalue weighted by Gasteiger charge is 2.44. The number of anilines is 1. The molecule has 12 heteroatoms. The monoisotopic (exact) mass is 515 g/mol. The minimum Gasteiger partial charge on any atom is -0.352 e. The number of nitrogens with two attached hydrogens (primary N) is 1. The maximum absolute atomic E-state index is 13.2. The molecule has 1 aliphatic heterocycles. The van der Waals surface area contributed by atoms with E-state index in [0.29, 0.717) is 12.1 Å². The molecule has 0 aliphatic carbocycles. The van der Waals surface area contributed by atoms with Gasteiger partial charge < -0.3 is 16.4 Å². The van der Waals surface area contributed by atoms with E-state index in [4.69, 9.17) is 5.73 Å². The summed E-state index contributed by atoms with van der Waals surface area (Å²) in [4.78, 5) is 27.1. The minimum absolute atomic E-state index is 0.119. The molecule has 1 saturated heterocycles. The molecular weight excluding hydrogens is 494 g/mol. The summed E-state index contributed by atoms with van der Waals surface area (Å²) >= 11 is 4.41. The van der Waals surface area contributed by atoms with Gasteiger partial charge in [-0.25, -0.2) is 13.2 Å². The van der Waals surface area contributed by atoms with Gasteiger partial charge in [-0.1, -0.05) is 28.1 Å². The van der Waals surface area contributed by atoms with Crippen LogP contribution in [0.1, 0.15) is 6.42 Å². The first-order valence-electron chi connectivity index (χ1n) is 9.21. The van der Waals surface area contributed by atoms with Crippen molar-refractivity contribution in [1.29, 1.82) is 0 Å². The number of amides is 3. The van der Waals surface area contributed by atoms with E-state index in [1.807, 2.05) is 6.07 Å². The van der Waals surface area contributed by atoms with Crippen molar-refractivity contribution in [1.82, 2.24) is 14.5 Å². The second kappa shape index (κ2) is 9.88. The van der Waals surface area contributed by atoms with Gasteiger partial charge in [-0.15, -0.1) is 11.3 Å². The van der Waals surface area contributed by atoms with Crippen molar-refractivity contribution in [2.75, 3.05) is 31.5 Å². The fraction of sp³-hybridized carbons (Fsp3) is 0.333. The second-order valence-corrected chi connectivity index (χ2v) is 10.5. The lowest BCUT2D eigenvalue weighted by Crippen LogP contribution is -2.64. The van der Waals surface area contributed by atoms with Gasteiger partial charge in [-0.05, 0) is 36.1 Å². The van der Waals surface area contributed by atoms with Crippen molar-refractivity contribution in [2.24, 2.45) is 5.73 Å². The van der Waals surface area contributed by atoms with Crippen LogP contribution in [0.25, 0.3) is 0 Å². The number of rotatable bonds is 6. The number of benzene rings is 1. The van der Waals surface area contributed by atoms with Gasteiger partial charge in [0.1, 0.15) is 4.21 Å². The second-order valence-electron chi connectivity index (χ2n) is 6.49. The Labute approximate surface area is 187 Å². The first-order chi connectivity index (χ1) is 14.3. The number of hydrogen-bond acceptors (Lipinski definition) is 6. The van der Waals surface area contributed by atoms with E-state index in [1.165, 1.54) is 11.0 Å². The third kappa shape index (κ3) is 5.01. The molecule has 4 N–H and O–H groups in total. The molecule has 2 heterocycles. The third-order valence-corrected chi connectivity index (χ3v) is 8.14. The molecule has 1 aromatic carbocycles. The van der Waals surface area contributed by atoms with Crippen LogP contribution in [0.4, 0.5) is 10.5 Å². The largest absolute Gasteiger partial charge is 0.352 e. The van der Waals surface area contributed by atoms with Crippen molar-refractivity contribution in [3.8, 4) is 0 Å². The first kappa shape index (κ1) is 22.7. The molecule has 2 aromatic rings. The summed E-state index contributed by atoms with van der Waals surface area (Å²) in [6, 6.07) is 9.54. The van der Waals surface area contributed by atoms with Gasteiger partial charge in [0.15, 0.2) is 6.17 Å². The maximum atomic E-state index is 13.2. The fourth-order valence-electron chi connectivity index (χ4n) is 3.11. The van der Waals surface area contributed by atoms with Crippen LogP contribution in [0.15, 0.2) is 50.5 Å². The lowest BCUT2D eigenvalue weighted by molar-refractivity contribution is -0.130. The lowest BCUT2D eigenvalue weighted by atomic mass is 10.2. The van der Waals surface area contributed by atoms with Crippen molar-refractivity contribution < 1.29 is 18.0 Å².